The van der Waals surface area contributed by atoms with Crippen molar-refractivity contribution in [1.82, 2.24) is 4.98 Å². The lowest BCUT2D eigenvalue weighted by molar-refractivity contribution is 0.103. The fraction of sp³-hybridized carbons (Fsp3) is 0.0909. The lowest BCUT2D eigenvalue weighted by atomic mass is 10.3. The first-order chi connectivity index (χ1) is 8.47. The van der Waals surface area contributed by atoms with Crippen molar-refractivity contribution in [1.29, 1.82) is 0 Å². The zero-order valence-electron chi connectivity index (χ0n) is 9.33. The van der Waals surface area contributed by atoms with Gasteiger partial charge in [0.2, 0.25) is 0 Å². The van der Waals surface area contributed by atoms with Gasteiger partial charge in [0.1, 0.15) is 5.82 Å². The molecule has 0 unspecified atom stereocenters. The van der Waals surface area contributed by atoms with Gasteiger partial charge < -0.3 is 11.1 Å². The van der Waals surface area contributed by atoms with Crippen molar-refractivity contribution < 1.29 is 4.79 Å². The van der Waals surface area contributed by atoms with Crippen LogP contribution in [0.2, 0.25) is 0 Å². The second-order valence-electron chi connectivity index (χ2n) is 3.62. The number of aryl methyl sites for hydroxylation is 1. The van der Waals surface area contributed by atoms with Crippen LogP contribution in [0.25, 0.3) is 0 Å². The minimum atomic E-state index is -0.188. The minimum Gasteiger partial charge on any atom is -0.397 e. The van der Waals surface area contributed by atoms with E-state index in [9.17, 15) is 4.79 Å². The number of aromatic nitrogens is 1. The zero-order chi connectivity index (χ0) is 13.3. The molecule has 1 amide bonds. The Morgan fingerprint density at radius 3 is 2.72 bits per heavy atom. The number of anilines is 2. The molecule has 2 heterocycles. The van der Waals surface area contributed by atoms with Crippen LogP contribution in [0, 0.1) is 6.92 Å². The highest BCUT2D eigenvalue weighted by Gasteiger charge is 2.13. The third-order valence-electron chi connectivity index (χ3n) is 2.18. The Hall–Kier alpha value is -0.920. The monoisotopic (exact) mass is 389 g/mol. The summed E-state index contributed by atoms with van der Waals surface area (Å²) in [5.74, 6) is 0.267. The number of rotatable bonds is 2. The number of nitrogens with one attached hydrogen (secondary N) is 1. The molecule has 0 spiro atoms. The summed E-state index contributed by atoms with van der Waals surface area (Å²) in [6, 6.07) is 3.52. The van der Waals surface area contributed by atoms with E-state index in [4.69, 9.17) is 5.73 Å². The van der Waals surface area contributed by atoms with Crippen molar-refractivity contribution in [3.63, 3.8) is 0 Å². The molecule has 2 aromatic rings. The molecule has 94 valence electrons. The van der Waals surface area contributed by atoms with E-state index >= 15 is 0 Å². The van der Waals surface area contributed by atoms with Crippen LogP contribution in [-0.4, -0.2) is 10.9 Å². The van der Waals surface area contributed by atoms with E-state index in [-0.39, 0.29) is 5.91 Å². The van der Waals surface area contributed by atoms with Gasteiger partial charge in [0.15, 0.2) is 0 Å². The van der Waals surface area contributed by atoms with Gasteiger partial charge in [-0.1, -0.05) is 0 Å². The summed E-state index contributed by atoms with van der Waals surface area (Å²) in [7, 11) is 0. The number of thiophene rings is 1. The van der Waals surface area contributed by atoms with Crippen LogP contribution in [0.5, 0.6) is 0 Å². The predicted molar refractivity (Wildman–Crippen MR) is 81.1 cm³/mol. The minimum absolute atomic E-state index is 0.188. The molecule has 0 bridgehead atoms. The van der Waals surface area contributed by atoms with Crippen LogP contribution >= 0.6 is 43.2 Å². The highest BCUT2D eigenvalue weighted by Crippen LogP contribution is 2.28. The third-order valence-corrected chi connectivity index (χ3v) is 4.92. The van der Waals surface area contributed by atoms with Gasteiger partial charge in [0.05, 0.1) is 25.0 Å². The number of nitrogen functional groups attached to an aromatic ring is 1. The van der Waals surface area contributed by atoms with Crippen LogP contribution in [0.4, 0.5) is 11.5 Å². The number of halogens is 2. The molecule has 0 radical (unpaired) electrons. The van der Waals surface area contributed by atoms with Gasteiger partial charge in [-0.15, -0.1) is 11.3 Å². The molecule has 0 saturated carbocycles. The zero-order valence-corrected chi connectivity index (χ0v) is 13.3. The molecule has 0 fully saturated rings. The average molecular weight is 391 g/mol. The van der Waals surface area contributed by atoms with Crippen LogP contribution in [0.1, 0.15) is 15.2 Å². The summed E-state index contributed by atoms with van der Waals surface area (Å²) >= 11 is 8.08. The number of carbonyl (C=O) groups is 1. The van der Waals surface area contributed by atoms with E-state index in [2.05, 4.69) is 42.2 Å². The van der Waals surface area contributed by atoms with Crippen LogP contribution in [0.3, 0.4) is 0 Å². The molecule has 0 atom stereocenters. The molecule has 2 aromatic heterocycles. The van der Waals surface area contributed by atoms with Gasteiger partial charge in [-0.3, -0.25) is 4.79 Å². The Bertz CT molecular complexity index is 593. The summed E-state index contributed by atoms with van der Waals surface area (Å²) in [6.07, 6.45) is 1.50. The van der Waals surface area contributed by atoms with Crippen LogP contribution in [0.15, 0.2) is 26.6 Å². The SMILES string of the molecule is Cc1cc(C(=O)Nc2ncc(N)cc2Br)sc1Br. The Kier molecular flexibility index (Phi) is 4.04. The molecular formula is C11H9Br2N3OS. The molecule has 7 heteroatoms. The normalized spacial score (nSPS) is 10.4. The molecule has 3 N–H and O–H groups in total. The maximum atomic E-state index is 12.0. The van der Waals surface area contributed by atoms with Gasteiger partial charge in [-0.05, 0) is 56.5 Å². The van der Waals surface area contributed by atoms with Crippen LogP contribution < -0.4 is 11.1 Å². The van der Waals surface area contributed by atoms with Crippen molar-refractivity contribution in [2.75, 3.05) is 11.1 Å². The van der Waals surface area contributed by atoms with E-state index in [1.54, 1.807) is 6.07 Å². The summed E-state index contributed by atoms with van der Waals surface area (Å²) < 4.78 is 1.61. The van der Waals surface area contributed by atoms with Crippen molar-refractivity contribution in [2.45, 2.75) is 6.92 Å². The molecule has 18 heavy (non-hydrogen) atoms. The first-order valence-electron chi connectivity index (χ1n) is 4.95. The smallest absolute Gasteiger partial charge is 0.266 e. The fourth-order valence-electron chi connectivity index (χ4n) is 1.29. The number of nitrogens with two attached hydrogens (primary N) is 1. The van der Waals surface area contributed by atoms with Gasteiger partial charge in [0, 0.05) is 0 Å². The highest BCUT2D eigenvalue weighted by atomic mass is 79.9. The number of carbonyl (C=O) groups excluding carboxylic acids is 1. The number of hydrogen-bond donors (Lipinski definition) is 2. The lowest BCUT2D eigenvalue weighted by Crippen LogP contribution is -2.12. The molecule has 0 saturated heterocycles. The molecule has 0 aliphatic heterocycles. The second-order valence-corrected chi connectivity index (χ2v) is 6.85. The van der Waals surface area contributed by atoms with E-state index in [1.165, 1.54) is 17.5 Å². The number of nitrogens with zero attached hydrogens (tertiary/aromatic N) is 1. The average Bonchev–Trinajstić information content (AvgIpc) is 2.63. The van der Waals surface area contributed by atoms with Crippen molar-refractivity contribution in [3.05, 3.63) is 37.0 Å². The molecule has 0 aliphatic rings. The fourth-order valence-corrected chi connectivity index (χ4v) is 3.18. The summed E-state index contributed by atoms with van der Waals surface area (Å²) in [5.41, 5.74) is 7.16. The Morgan fingerprint density at radius 2 is 2.17 bits per heavy atom. The molecule has 0 aromatic carbocycles. The Labute approximate surface area is 125 Å². The van der Waals surface area contributed by atoms with Gasteiger partial charge in [-0.2, -0.15) is 0 Å². The molecular weight excluding hydrogens is 382 g/mol. The van der Waals surface area contributed by atoms with Crippen LogP contribution in [-0.2, 0) is 0 Å². The molecule has 4 nitrogen and oxygen atoms in total. The Balaban J connectivity index is 2.21. The number of pyridine rings is 1. The first-order valence-corrected chi connectivity index (χ1v) is 7.36. The summed E-state index contributed by atoms with van der Waals surface area (Å²) in [6.45, 7) is 1.94. The predicted octanol–water partition coefficient (Wildman–Crippen LogP) is 3.81. The summed E-state index contributed by atoms with van der Waals surface area (Å²) in [4.78, 5) is 16.7. The van der Waals surface area contributed by atoms with E-state index in [1.807, 2.05) is 13.0 Å². The Morgan fingerprint density at radius 1 is 1.44 bits per heavy atom. The van der Waals surface area contributed by atoms with Gasteiger partial charge in [0.25, 0.3) is 5.91 Å². The lowest BCUT2D eigenvalue weighted by Gasteiger charge is -2.05. The van der Waals surface area contributed by atoms with Crippen molar-refractivity contribution in [3.8, 4) is 0 Å². The quantitative estimate of drug-likeness (QED) is 0.819. The van der Waals surface area contributed by atoms with E-state index < -0.39 is 0 Å². The number of amides is 1. The summed E-state index contributed by atoms with van der Waals surface area (Å²) in [5, 5.41) is 2.73. The van der Waals surface area contributed by atoms with Crippen molar-refractivity contribution >= 4 is 60.6 Å². The standard InChI is InChI=1S/C11H9Br2N3OS/c1-5-2-8(18-9(5)13)11(17)16-10-7(12)3-6(14)4-15-10/h2-4H,14H2,1H3,(H,15,16,17). The van der Waals surface area contributed by atoms with Crippen molar-refractivity contribution in [2.24, 2.45) is 0 Å². The first kappa shape index (κ1) is 13.5. The topological polar surface area (TPSA) is 68.0 Å². The van der Waals surface area contributed by atoms with E-state index in [0.717, 1.165) is 9.35 Å². The molecule has 0 aliphatic carbocycles. The third kappa shape index (κ3) is 2.90. The molecule has 2 rings (SSSR count). The highest BCUT2D eigenvalue weighted by molar-refractivity contribution is 9.11. The maximum absolute atomic E-state index is 12.0. The van der Waals surface area contributed by atoms with Gasteiger partial charge >= 0.3 is 0 Å². The largest absolute Gasteiger partial charge is 0.397 e. The van der Waals surface area contributed by atoms with Gasteiger partial charge in [-0.25, -0.2) is 4.98 Å². The number of hydrogen-bond acceptors (Lipinski definition) is 4. The van der Waals surface area contributed by atoms with E-state index in [0.29, 0.717) is 20.9 Å². The maximum Gasteiger partial charge on any atom is 0.266 e. The second kappa shape index (κ2) is 5.38.